The van der Waals surface area contributed by atoms with Crippen molar-refractivity contribution in [2.24, 2.45) is 0 Å². The predicted molar refractivity (Wildman–Crippen MR) is 119 cm³/mol. The van der Waals surface area contributed by atoms with Gasteiger partial charge in [0, 0.05) is 12.2 Å². The second kappa shape index (κ2) is 8.29. The topological polar surface area (TPSA) is 98.3 Å². The van der Waals surface area contributed by atoms with Crippen LogP contribution in [0.4, 0.5) is 5.69 Å². The number of rotatable bonds is 4. The summed E-state index contributed by atoms with van der Waals surface area (Å²) in [5, 5.41) is 13.3. The highest BCUT2D eigenvalue weighted by Gasteiger charge is 2.22. The Morgan fingerprint density at radius 1 is 1.37 bits per heavy atom. The Labute approximate surface area is 178 Å². The molecule has 1 fully saturated rings. The van der Waals surface area contributed by atoms with Crippen LogP contribution in [0.25, 0.3) is 10.2 Å². The first kappa shape index (κ1) is 20.7. The van der Waals surface area contributed by atoms with Crippen molar-refractivity contribution in [3.05, 3.63) is 55.9 Å². The maximum Gasteiger partial charge on any atom is 0.266 e. The number of hydrogen-bond acceptors (Lipinski definition) is 6. The molecule has 1 atom stereocenters. The number of nitrogens with one attached hydrogen (secondary N) is 2. The van der Waals surface area contributed by atoms with Crippen molar-refractivity contribution in [3.63, 3.8) is 0 Å². The van der Waals surface area contributed by atoms with Gasteiger partial charge in [-0.1, -0.05) is 17.7 Å². The lowest BCUT2D eigenvalue weighted by atomic mass is 10.1. The Balaban J connectivity index is 1.61. The number of aryl methyl sites for hydroxylation is 3. The van der Waals surface area contributed by atoms with Crippen molar-refractivity contribution in [2.45, 2.75) is 46.3 Å². The molecular formula is C22H26N4O3S. The Morgan fingerprint density at radius 2 is 2.17 bits per heavy atom. The van der Waals surface area contributed by atoms with Crippen molar-refractivity contribution in [2.75, 3.05) is 18.4 Å². The molecule has 2 aromatic heterocycles. The average Bonchev–Trinajstić information content (AvgIpc) is 3.01. The lowest BCUT2D eigenvalue weighted by Crippen LogP contribution is -2.38. The molecule has 158 valence electrons. The summed E-state index contributed by atoms with van der Waals surface area (Å²) in [5.41, 5.74) is 3.30. The monoisotopic (exact) mass is 426 g/mol. The minimum absolute atomic E-state index is 0.230. The van der Waals surface area contributed by atoms with E-state index in [1.54, 1.807) is 6.92 Å². The average molecular weight is 427 g/mol. The van der Waals surface area contributed by atoms with Gasteiger partial charge in [0.05, 0.1) is 22.9 Å². The number of nitrogens with zero attached hydrogens (tertiary/aromatic N) is 2. The van der Waals surface area contributed by atoms with Gasteiger partial charge in [0.1, 0.15) is 10.7 Å². The minimum Gasteiger partial charge on any atom is -0.392 e. The number of carbonyl (C=O) groups excluding carboxylic acids is 1. The standard InChI is InChI=1S/C22H26N4O3S/c1-12-6-7-16(13(2)9-12)23-21(29)19-14(3)18-20(28)24-17(25-22(18)30-19)11-26-8-4-5-15(27)10-26/h6-7,9,15,27H,4-5,8,10-11H2,1-3H3,(H,23,29)(H,24,25,28). The van der Waals surface area contributed by atoms with Crippen molar-refractivity contribution < 1.29 is 9.90 Å². The molecule has 1 amide bonds. The fourth-order valence-electron chi connectivity index (χ4n) is 4.00. The smallest absolute Gasteiger partial charge is 0.266 e. The molecule has 1 saturated heterocycles. The highest BCUT2D eigenvalue weighted by atomic mass is 32.1. The van der Waals surface area contributed by atoms with Crippen molar-refractivity contribution in [3.8, 4) is 0 Å². The molecule has 3 heterocycles. The lowest BCUT2D eigenvalue weighted by molar-refractivity contribution is 0.0655. The predicted octanol–water partition coefficient (Wildman–Crippen LogP) is 3.12. The molecule has 0 saturated carbocycles. The number of likely N-dealkylation sites (tertiary alicyclic amines) is 1. The van der Waals surface area contributed by atoms with E-state index in [0.29, 0.717) is 39.6 Å². The number of anilines is 1. The van der Waals surface area contributed by atoms with Crippen LogP contribution >= 0.6 is 11.3 Å². The van der Waals surface area contributed by atoms with Crippen LogP contribution < -0.4 is 10.9 Å². The number of aromatic nitrogens is 2. The first-order valence-electron chi connectivity index (χ1n) is 10.1. The number of piperidine rings is 1. The van der Waals surface area contributed by atoms with Gasteiger partial charge in [-0.15, -0.1) is 11.3 Å². The lowest BCUT2D eigenvalue weighted by Gasteiger charge is -2.29. The molecule has 1 unspecified atom stereocenters. The Morgan fingerprint density at radius 3 is 2.90 bits per heavy atom. The van der Waals surface area contributed by atoms with Crippen molar-refractivity contribution in [1.29, 1.82) is 0 Å². The van der Waals surface area contributed by atoms with Gasteiger partial charge in [0.25, 0.3) is 11.5 Å². The number of aromatic amines is 1. The van der Waals surface area contributed by atoms with Gasteiger partial charge in [0.15, 0.2) is 0 Å². The molecule has 1 aliphatic rings. The molecule has 1 aromatic carbocycles. The molecule has 3 N–H and O–H groups in total. The molecule has 3 aromatic rings. The number of β-amino-alcohol motifs (C(OH)–C–C–N with tert-alkyl or cyclic N) is 1. The molecule has 0 bridgehead atoms. The number of aliphatic hydroxyl groups excluding tert-OH is 1. The van der Waals surface area contributed by atoms with Gasteiger partial charge >= 0.3 is 0 Å². The summed E-state index contributed by atoms with van der Waals surface area (Å²) < 4.78 is 0. The Hall–Kier alpha value is -2.55. The summed E-state index contributed by atoms with van der Waals surface area (Å²) in [4.78, 5) is 36.3. The van der Waals surface area contributed by atoms with E-state index >= 15 is 0 Å². The van der Waals surface area contributed by atoms with Crippen LogP contribution in [-0.4, -0.2) is 45.1 Å². The number of amides is 1. The molecule has 0 radical (unpaired) electrons. The SMILES string of the molecule is Cc1ccc(NC(=O)c2sc3nc(CN4CCCC(O)C4)[nH]c(=O)c3c2C)c(C)c1. The van der Waals surface area contributed by atoms with Crippen LogP contribution in [0, 0.1) is 20.8 Å². The van der Waals surface area contributed by atoms with E-state index in [0.717, 1.165) is 36.2 Å². The van der Waals surface area contributed by atoms with E-state index in [-0.39, 0.29) is 17.6 Å². The van der Waals surface area contributed by atoms with Gasteiger partial charge in [-0.3, -0.25) is 14.5 Å². The van der Waals surface area contributed by atoms with Crippen LogP contribution in [0.5, 0.6) is 0 Å². The number of H-pyrrole nitrogens is 1. The third-order valence-electron chi connectivity index (χ3n) is 5.54. The van der Waals surface area contributed by atoms with E-state index in [1.807, 2.05) is 32.0 Å². The second-order valence-corrected chi connectivity index (χ2v) is 9.05. The third kappa shape index (κ3) is 4.16. The largest absolute Gasteiger partial charge is 0.392 e. The highest BCUT2D eigenvalue weighted by Crippen LogP contribution is 2.28. The number of benzene rings is 1. The summed E-state index contributed by atoms with van der Waals surface area (Å²) in [6, 6.07) is 5.86. The maximum absolute atomic E-state index is 12.9. The van der Waals surface area contributed by atoms with Crippen molar-refractivity contribution >= 4 is 33.1 Å². The summed E-state index contributed by atoms with van der Waals surface area (Å²) in [6.07, 6.45) is 1.40. The van der Waals surface area contributed by atoms with Crippen molar-refractivity contribution in [1.82, 2.24) is 14.9 Å². The molecule has 0 spiro atoms. The quantitative estimate of drug-likeness (QED) is 0.595. The normalized spacial score (nSPS) is 17.4. The number of fused-ring (bicyclic) bond motifs is 1. The first-order valence-corrected chi connectivity index (χ1v) is 10.9. The van der Waals surface area contributed by atoms with E-state index in [1.165, 1.54) is 11.3 Å². The van der Waals surface area contributed by atoms with E-state index in [9.17, 15) is 14.7 Å². The molecule has 0 aliphatic carbocycles. The summed E-state index contributed by atoms with van der Waals surface area (Å²) in [7, 11) is 0. The zero-order chi connectivity index (χ0) is 21.4. The summed E-state index contributed by atoms with van der Waals surface area (Å²) in [6.45, 7) is 7.67. The van der Waals surface area contributed by atoms with Gasteiger partial charge < -0.3 is 15.4 Å². The fraction of sp³-hybridized carbons (Fsp3) is 0.409. The number of aliphatic hydroxyl groups is 1. The Bertz CT molecular complexity index is 1170. The van der Waals surface area contributed by atoms with Crippen LogP contribution in [0.15, 0.2) is 23.0 Å². The van der Waals surface area contributed by atoms with Crippen LogP contribution in [0.2, 0.25) is 0 Å². The zero-order valence-electron chi connectivity index (χ0n) is 17.4. The molecule has 8 heteroatoms. The molecule has 30 heavy (non-hydrogen) atoms. The molecule has 4 rings (SSSR count). The van der Waals surface area contributed by atoms with E-state index < -0.39 is 0 Å². The number of carbonyl (C=O) groups is 1. The molecular weight excluding hydrogens is 400 g/mol. The zero-order valence-corrected chi connectivity index (χ0v) is 18.2. The molecule has 7 nitrogen and oxygen atoms in total. The van der Waals surface area contributed by atoms with Crippen LogP contribution in [0.1, 0.15) is 45.0 Å². The number of thiophene rings is 1. The minimum atomic E-state index is -0.335. The van der Waals surface area contributed by atoms with Crippen LogP contribution in [0.3, 0.4) is 0 Å². The Kier molecular flexibility index (Phi) is 5.73. The van der Waals surface area contributed by atoms with E-state index in [4.69, 9.17) is 0 Å². The molecule has 1 aliphatic heterocycles. The summed E-state index contributed by atoms with van der Waals surface area (Å²) >= 11 is 1.24. The van der Waals surface area contributed by atoms with Gasteiger partial charge in [-0.25, -0.2) is 4.98 Å². The van der Waals surface area contributed by atoms with E-state index in [2.05, 4.69) is 20.2 Å². The summed E-state index contributed by atoms with van der Waals surface area (Å²) in [5.74, 6) is 0.326. The first-order chi connectivity index (χ1) is 14.3. The van der Waals surface area contributed by atoms with Crippen LogP contribution in [-0.2, 0) is 6.54 Å². The second-order valence-electron chi connectivity index (χ2n) is 8.05. The maximum atomic E-state index is 12.9. The highest BCUT2D eigenvalue weighted by molar-refractivity contribution is 7.20. The third-order valence-corrected chi connectivity index (χ3v) is 6.72. The fourth-order valence-corrected chi connectivity index (χ4v) is 5.10. The number of hydrogen-bond donors (Lipinski definition) is 3. The van der Waals surface area contributed by atoms with Gasteiger partial charge in [0.2, 0.25) is 0 Å². The van der Waals surface area contributed by atoms with Gasteiger partial charge in [-0.2, -0.15) is 0 Å². The van der Waals surface area contributed by atoms with Gasteiger partial charge in [-0.05, 0) is 57.4 Å².